The number of amides is 1. The molecule has 124 valence electrons. The first-order chi connectivity index (χ1) is 11.4. The highest BCUT2D eigenvalue weighted by molar-refractivity contribution is 6.32. The number of benzene rings is 2. The highest BCUT2D eigenvalue weighted by Gasteiger charge is 2.14. The van der Waals surface area contributed by atoms with Crippen molar-refractivity contribution in [1.82, 2.24) is 0 Å². The number of nitro benzene ring substituents is 1. The third-order valence-electron chi connectivity index (χ3n) is 3.04. The van der Waals surface area contributed by atoms with Gasteiger partial charge < -0.3 is 10.1 Å². The molecule has 7 nitrogen and oxygen atoms in total. The molecule has 0 unspecified atom stereocenters. The molecule has 1 N–H and O–H groups in total. The van der Waals surface area contributed by atoms with Gasteiger partial charge in [-0.3, -0.25) is 19.7 Å². The molecule has 0 saturated heterocycles. The van der Waals surface area contributed by atoms with Crippen molar-refractivity contribution in [2.45, 2.75) is 6.92 Å². The van der Waals surface area contributed by atoms with Gasteiger partial charge in [-0.15, -0.1) is 0 Å². The lowest BCUT2D eigenvalue weighted by Crippen LogP contribution is -2.20. The third kappa shape index (κ3) is 4.53. The lowest BCUT2D eigenvalue weighted by molar-refractivity contribution is -0.384. The monoisotopic (exact) mass is 348 g/mol. The van der Waals surface area contributed by atoms with Crippen molar-refractivity contribution in [1.29, 1.82) is 0 Å². The average Bonchev–Trinajstić information content (AvgIpc) is 2.54. The molecule has 0 fully saturated rings. The highest BCUT2D eigenvalue weighted by atomic mass is 35.5. The standard InChI is InChI=1S/C16H13ClN2O5/c1-10(20)11-3-2-4-13(7-11)24-9-16(21)18-12-5-6-14(17)15(8-12)19(22)23/h2-8H,9H2,1H3,(H,18,21). The van der Waals surface area contributed by atoms with Crippen molar-refractivity contribution in [2.24, 2.45) is 0 Å². The van der Waals surface area contributed by atoms with Gasteiger partial charge in [-0.1, -0.05) is 23.7 Å². The van der Waals surface area contributed by atoms with Crippen molar-refractivity contribution in [3.05, 3.63) is 63.2 Å². The van der Waals surface area contributed by atoms with Gasteiger partial charge in [0.2, 0.25) is 0 Å². The minimum absolute atomic E-state index is 0.0182. The Morgan fingerprint density at radius 1 is 1.25 bits per heavy atom. The van der Waals surface area contributed by atoms with Crippen molar-refractivity contribution in [3.63, 3.8) is 0 Å². The fourth-order valence-electron chi connectivity index (χ4n) is 1.88. The number of Topliss-reactive ketones (excluding diaryl/α,β-unsaturated/α-hetero) is 1. The minimum atomic E-state index is -0.637. The van der Waals surface area contributed by atoms with E-state index in [1.165, 1.54) is 25.1 Å². The van der Waals surface area contributed by atoms with Crippen LogP contribution in [0.5, 0.6) is 5.75 Å². The number of rotatable bonds is 6. The molecule has 2 aromatic carbocycles. The van der Waals surface area contributed by atoms with Gasteiger partial charge in [-0.05, 0) is 31.2 Å². The molecule has 8 heteroatoms. The predicted molar refractivity (Wildman–Crippen MR) is 88.7 cm³/mol. The summed E-state index contributed by atoms with van der Waals surface area (Å²) in [6.07, 6.45) is 0. The highest BCUT2D eigenvalue weighted by Crippen LogP contribution is 2.27. The van der Waals surface area contributed by atoms with Crippen molar-refractivity contribution in [3.8, 4) is 5.75 Å². The molecule has 0 aromatic heterocycles. The summed E-state index contributed by atoms with van der Waals surface area (Å²) < 4.78 is 5.31. The summed E-state index contributed by atoms with van der Waals surface area (Å²) in [5.74, 6) is -0.238. The molecular weight excluding hydrogens is 336 g/mol. The maximum absolute atomic E-state index is 11.9. The lowest BCUT2D eigenvalue weighted by Gasteiger charge is -2.08. The zero-order chi connectivity index (χ0) is 17.7. The van der Waals surface area contributed by atoms with Gasteiger partial charge in [0.15, 0.2) is 12.4 Å². The summed E-state index contributed by atoms with van der Waals surface area (Å²) in [5.41, 5.74) is 0.406. The van der Waals surface area contributed by atoms with Gasteiger partial charge in [0, 0.05) is 17.3 Å². The minimum Gasteiger partial charge on any atom is -0.484 e. The smallest absolute Gasteiger partial charge is 0.289 e. The largest absolute Gasteiger partial charge is 0.484 e. The normalized spacial score (nSPS) is 10.1. The van der Waals surface area contributed by atoms with E-state index < -0.39 is 10.8 Å². The van der Waals surface area contributed by atoms with Crippen molar-refractivity contribution in [2.75, 3.05) is 11.9 Å². The second kappa shape index (κ2) is 7.56. The van der Waals surface area contributed by atoms with E-state index in [9.17, 15) is 19.7 Å². The molecule has 2 rings (SSSR count). The first kappa shape index (κ1) is 17.4. The molecule has 1 amide bonds. The van der Waals surface area contributed by atoms with E-state index in [0.717, 1.165) is 6.07 Å². The second-order valence-corrected chi connectivity index (χ2v) is 5.25. The summed E-state index contributed by atoms with van der Waals surface area (Å²) in [7, 11) is 0. The van der Waals surface area contributed by atoms with E-state index in [1.807, 2.05) is 0 Å². The molecule has 2 aromatic rings. The Balaban J connectivity index is 1.99. The van der Waals surface area contributed by atoms with Crippen LogP contribution < -0.4 is 10.1 Å². The average molecular weight is 349 g/mol. The van der Waals surface area contributed by atoms with Crippen LogP contribution in [-0.2, 0) is 4.79 Å². The molecule has 24 heavy (non-hydrogen) atoms. The molecule has 0 aliphatic heterocycles. The number of nitro groups is 1. The number of carbonyl (C=O) groups excluding carboxylic acids is 2. The number of ketones is 1. The summed E-state index contributed by atoms with van der Waals surface area (Å²) in [6, 6.07) is 10.4. The van der Waals surface area contributed by atoms with Crippen LogP contribution in [-0.4, -0.2) is 23.2 Å². The Morgan fingerprint density at radius 2 is 2.00 bits per heavy atom. The van der Waals surface area contributed by atoms with Gasteiger partial charge in [-0.25, -0.2) is 0 Å². The quantitative estimate of drug-likeness (QED) is 0.489. The summed E-state index contributed by atoms with van der Waals surface area (Å²) in [5, 5.41) is 13.3. The molecule has 0 radical (unpaired) electrons. The fourth-order valence-corrected chi connectivity index (χ4v) is 2.07. The molecular formula is C16H13ClN2O5. The number of hydrogen-bond acceptors (Lipinski definition) is 5. The molecule has 0 spiro atoms. The van der Waals surface area contributed by atoms with Crippen LogP contribution >= 0.6 is 11.6 Å². The topological polar surface area (TPSA) is 98.5 Å². The van der Waals surface area contributed by atoms with Crippen LogP contribution in [0, 0.1) is 10.1 Å². The molecule has 0 atom stereocenters. The molecule has 0 aliphatic carbocycles. The Bertz CT molecular complexity index is 807. The SMILES string of the molecule is CC(=O)c1cccc(OCC(=O)Nc2ccc(Cl)c([N+](=O)[O-])c2)c1. The second-order valence-electron chi connectivity index (χ2n) is 4.84. The van der Waals surface area contributed by atoms with E-state index >= 15 is 0 Å². The van der Waals surface area contributed by atoms with E-state index in [0.29, 0.717) is 11.3 Å². The van der Waals surface area contributed by atoms with Gasteiger partial charge in [0.25, 0.3) is 11.6 Å². The number of ether oxygens (including phenoxy) is 1. The maximum atomic E-state index is 11.9. The van der Waals surface area contributed by atoms with Gasteiger partial charge in [0.05, 0.1) is 4.92 Å². The molecule has 0 bridgehead atoms. The van der Waals surface area contributed by atoms with E-state index in [-0.39, 0.29) is 28.8 Å². The van der Waals surface area contributed by atoms with E-state index in [4.69, 9.17) is 16.3 Å². The Hall–Kier alpha value is -2.93. The summed E-state index contributed by atoms with van der Waals surface area (Å²) >= 11 is 5.70. The Kier molecular flexibility index (Phi) is 5.49. The van der Waals surface area contributed by atoms with Crippen LogP contribution in [0.3, 0.4) is 0 Å². The van der Waals surface area contributed by atoms with Crippen LogP contribution in [0.1, 0.15) is 17.3 Å². The van der Waals surface area contributed by atoms with Crippen LogP contribution in [0.4, 0.5) is 11.4 Å². The molecule has 0 saturated carbocycles. The van der Waals surface area contributed by atoms with E-state index in [2.05, 4.69) is 5.32 Å². The first-order valence-electron chi connectivity index (χ1n) is 6.84. The number of hydrogen-bond donors (Lipinski definition) is 1. The molecule has 0 heterocycles. The Morgan fingerprint density at radius 3 is 2.67 bits per heavy atom. The zero-order valence-electron chi connectivity index (χ0n) is 12.6. The number of halogens is 1. The van der Waals surface area contributed by atoms with Gasteiger partial charge in [-0.2, -0.15) is 0 Å². The zero-order valence-corrected chi connectivity index (χ0v) is 13.4. The van der Waals surface area contributed by atoms with Gasteiger partial charge in [0.1, 0.15) is 10.8 Å². The number of carbonyl (C=O) groups is 2. The first-order valence-corrected chi connectivity index (χ1v) is 7.22. The number of nitrogens with one attached hydrogen (secondary N) is 1. The summed E-state index contributed by atoms with van der Waals surface area (Å²) in [6.45, 7) is 1.12. The van der Waals surface area contributed by atoms with Crippen LogP contribution in [0.2, 0.25) is 5.02 Å². The number of nitrogens with zero attached hydrogens (tertiary/aromatic N) is 1. The third-order valence-corrected chi connectivity index (χ3v) is 3.36. The Labute approximate surface area is 142 Å². The van der Waals surface area contributed by atoms with Crippen molar-refractivity contribution < 1.29 is 19.2 Å². The summed E-state index contributed by atoms with van der Waals surface area (Å²) in [4.78, 5) is 33.3. The number of anilines is 1. The maximum Gasteiger partial charge on any atom is 0.289 e. The van der Waals surface area contributed by atoms with Crippen LogP contribution in [0.25, 0.3) is 0 Å². The van der Waals surface area contributed by atoms with Crippen molar-refractivity contribution >= 4 is 34.7 Å². The van der Waals surface area contributed by atoms with Gasteiger partial charge >= 0.3 is 0 Å². The van der Waals surface area contributed by atoms with E-state index in [1.54, 1.807) is 18.2 Å². The predicted octanol–water partition coefficient (Wildman–Crippen LogP) is 3.47. The lowest BCUT2D eigenvalue weighted by atomic mass is 10.1. The van der Waals surface area contributed by atoms with Crippen LogP contribution in [0.15, 0.2) is 42.5 Å². The molecule has 0 aliphatic rings. The fraction of sp³-hybridized carbons (Fsp3) is 0.125.